The Bertz CT molecular complexity index is 930. The molecule has 4 rings (SSSR count). The second kappa shape index (κ2) is 9.33. The average molecular weight is 418 g/mol. The molecule has 0 bridgehead atoms. The molecule has 4 atom stereocenters. The van der Waals surface area contributed by atoms with Crippen LogP contribution in [0.3, 0.4) is 0 Å². The van der Waals surface area contributed by atoms with Gasteiger partial charge in [-0.2, -0.15) is 0 Å². The summed E-state index contributed by atoms with van der Waals surface area (Å²) in [7, 11) is -2.99. The first-order valence-corrected chi connectivity index (χ1v) is 12.9. The van der Waals surface area contributed by atoms with Gasteiger partial charge in [0.25, 0.3) is 0 Å². The number of unbranched alkanes of at least 4 members (excludes halogenated alkanes) is 1. The summed E-state index contributed by atoms with van der Waals surface area (Å²) in [5.41, 5.74) is 1.24. The van der Waals surface area contributed by atoms with Crippen molar-refractivity contribution in [3.05, 3.63) is 96.6 Å². The average Bonchev–Trinajstić information content (AvgIpc) is 3.46. The van der Waals surface area contributed by atoms with Crippen molar-refractivity contribution in [3.8, 4) is 0 Å². The highest BCUT2D eigenvalue weighted by Gasteiger charge is 2.52. The van der Waals surface area contributed by atoms with E-state index >= 15 is 0 Å². The Morgan fingerprint density at radius 3 is 1.83 bits per heavy atom. The van der Waals surface area contributed by atoms with Crippen LogP contribution in [0.5, 0.6) is 0 Å². The van der Waals surface area contributed by atoms with Crippen molar-refractivity contribution in [2.45, 2.75) is 39.2 Å². The van der Waals surface area contributed by atoms with E-state index in [1.807, 2.05) is 60.7 Å². The Hall–Kier alpha value is -2.15. The molecule has 0 heterocycles. The summed E-state index contributed by atoms with van der Waals surface area (Å²) >= 11 is 0. The van der Waals surface area contributed by atoms with Crippen molar-refractivity contribution >= 4 is 17.9 Å². The van der Waals surface area contributed by atoms with E-state index in [9.17, 15) is 4.57 Å². The van der Waals surface area contributed by atoms with Crippen LogP contribution in [0, 0.1) is 17.8 Å². The lowest BCUT2D eigenvalue weighted by Crippen LogP contribution is -2.32. The van der Waals surface area contributed by atoms with Gasteiger partial charge < -0.3 is 0 Å². The summed E-state index contributed by atoms with van der Waals surface area (Å²) in [6, 6.07) is 30.5. The minimum absolute atomic E-state index is 0.0781. The lowest BCUT2D eigenvalue weighted by Gasteiger charge is -2.28. The molecule has 0 aliphatic heterocycles. The second-order valence-electron chi connectivity index (χ2n) is 8.54. The summed E-state index contributed by atoms with van der Waals surface area (Å²) in [6.07, 6.45) is 3.75. The van der Waals surface area contributed by atoms with E-state index in [-0.39, 0.29) is 6.04 Å². The maximum absolute atomic E-state index is 14.6. The lowest BCUT2D eigenvalue weighted by molar-refractivity contribution is 0.493. The number of hydrogen-bond acceptors (Lipinski definition) is 1. The number of benzene rings is 3. The van der Waals surface area contributed by atoms with E-state index in [0.29, 0.717) is 17.8 Å². The van der Waals surface area contributed by atoms with Crippen molar-refractivity contribution in [2.24, 2.45) is 17.8 Å². The molecule has 1 saturated carbocycles. The fourth-order valence-corrected chi connectivity index (χ4v) is 7.33. The molecule has 0 radical (unpaired) electrons. The van der Waals surface area contributed by atoms with Gasteiger partial charge in [-0.05, 0) is 54.0 Å². The number of nitrogens with one attached hydrogen (secondary N) is 1. The molecule has 2 nitrogen and oxygen atoms in total. The van der Waals surface area contributed by atoms with Gasteiger partial charge in [0, 0.05) is 16.7 Å². The summed E-state index contributed by atoms with van der Waals surface area (Å²) in [6.45, 7) is 4.62. The first kappa shape index (κ1) is 21.1. The predicted molar refractivity (Wildman–Crippen MR) is 128 cm³/mol. The van der Waals surface area contributed by atoms with E-state index in [0.717, 1.165) is 10.6 Å². The Morgan fingerprint density at radius 2 is 1.33 bits per heavy atom. The van der Waals surface area contributed by atoms with Gasteiger partial charge in [0.2, 0.25) is 7.29 Å². The van der Waals surface area contributed by atoms with Crippen LogP contribution in [-0.4, -0.2) is 0 Å². The zero-order chi connectivity index (χ0) is 21.0. The van der Waals surface area contributed by atoms with Gasteiger partial charge in [-0.25, -0.2) is 0 Å². The topological polar surface area (TPSA) is 29.1 Å². The van der Waals surface area contributed by atoms with Crippen molar-refractivity contribution in [3.63, 3.8) is 0 Å². The minimum atomic E-state index is -2.99. The molecule has 1 N–H and O–H groups in total. The van der Waals surface area contributed by atoms with Crippen LogP contribution in [0.4, 0.5) is 0 Å². The molecule has 156 valence electrons. The fraction of sp³-hybridized carbons (Fsp3) is 0.333. The lowest BCUT2D eigenvalue weighted by atomic mass is 10.0. The molecule has 1 aliphatic carbocycles. The van der Waals surface area contributed by atoms with E-state index in [1.54, 1.807) is 0 Å². The quantitative estimate of drug-likeness (QED) is 0.413. The third-order valence-electron chi connectivity index (χ3n) is 6.63. The van der Waals surface area contributed by atoms with Crippen molar-refractivity contribution in [1.82, 2.24) is 5.09 Å². The number of rotatable bonds is 9. The van der Waals surface area contributed by atoms with Crippen LogP contribution in [0.2, 0.25) is 0 Å². The molecule has 0 saturated heterocycles. The Kier molecular flexibility index (Phi) is 6.56. The van der Waals surface area contributed by atoms with E-state index in [1.165, 1.54) is 24.8 Å². The smallest absolute Gasteiger partial charge is 0.205 e. The van der Waals surface area contributed by atoms with Gasteiger partial charge in [-0.15, -0.1) is 0 Å². The highest BCUT2D eigenvalue weighted by atomic mass is 31.2. The maximum atomic E-state index is 14.6. The van der Waals surface area contributed by atoms with Crippen LogP contribution in [0.1, 0.15) is 44.7 Å². The zero-order valence-electron chi connectivity index (χ0n) is 17.9. The van der Waals surface area contributed by atoms with Crippen molar-refractivity contribution in [2.75, 3.05) is 0 Å². The molecule has 3 aromatic rings. The van der Waals surface area contributed by atoms with E-state index in [2.05, 4.69) is 49.3 Å². The standard InChI is InChI=1S/C27H32NOP/c1-3-4-20-25-21(2)26(25)27(22-14-8-5-9-15-22)28-30(29,23-16-10-6-11-17-23)24-18-12-7-13-19-24/h5-19,21,25-27H,3-4,20H2,1-2H3,(H,28,29)/t21-,25+,26+,27+/m1/s1. The molecule has 0 spiro atoms. The normalized spacial score (nSPS) is 21.9. The molecule has 30 heavy (non-hydrogen) atoms. The summed E-state index contributed by atoms with van der Waals surface area (Å²) in [5, 5.41) is 5.48. The molecule has 1 aliphatic rings. The highest BCUT2D eigenvalue weighted by Crippen LogP contribution is 2.58. The summed E-state index contributed by atoms with van der Waals surface area (Å²) < 4.78 is 14.6. The maximum Gasteiger partial charge on any atom is 0.205 e. The van der Waals surface area contributed by atoms with Gasteiger partial charge >= 0.3 is 0 Å². The van der Waals surface area contributed by atoms with Gasteiger partial charge in [0.15, 0.2) is 0 Å². The van der Waals surface area contributed by atoms with Gasteiger partial charge in [0.1, 0.15) is 0 Å². The molecular weight excluding hydrogens is 385 g/mol. The van der Waals surface area contributed by atoms with E-state index < -0.39 is 7.29 Å². The molecule has 3 aromatic carbocycles. The van der Waals surface area contributed by atoms with Crippen LogP contribution in [0.25, 0.3) is 0 Å². The van der Waals surface area contributed by atoms with Crippen molar-refractivity contribution in [1.29, 1.82) is 0 Å². The second-order valence-corrected chi connectivity index (χ2v) is 11.0. The third-order valence-corrected chi connectivity index (χ3v) is 9.32. The van der Waals surface area contributed by atoms with Gasteiger partial charge in [0.05, 0.1) is 0 Å². The van der Waals surface area contributed by atoms with Crippen LogP contribution >= 0.6 is 7.29 Å². The monoisotopic (exact) mass is 417 g/mol. The predicted octanol–water partition coefficient (Wildman–Crippen LogP) is 6.32. The Balaban J connectivity index is 1.74. The Labute approximate surface area is 181 Å². The molecule has 0 unspecified atom stereocenters. The van der Waals surface area contributed by atoms with Gasteiger partial charge in [-0.3, -0.25) is 9.65 Å². The SMILES string of the molecule is CCCC[C@H]1[C@@H](C)[C@@H]1[C@@H](NP(=O)(c1ccccc1)c1ccccc1)c1ccccc1. The van der Waals surface area contributed by atoms with Crippen LogP contribution < -0.4 is 15.7 Å². The Morgan fingerprint density at radius 1 is 0.833 bits per heavy atom. The summed E-state index contributed by atoms with van der Waals surface area (Å²) in [5.74, 6) is 1.86. The van der Waals surface area contributed by atoms with Gasteiger partial charge in [-0.1, -0.05) is 93.4 Å². The van der Waals surface area contributed by atoms with Crippen molar-refractivity contribution < 1.29 is 4.57 Å². The fourth-order valence-electron chi connectivity index (χ4n) is 4.84. The molecule has 0 aromatic heterocycles. The first-order valence-electron chi connectivity index (χ1n) is 11.2. The molecule has 1 fully saturated rings. The summed E-state index contributed by atoms with van der Waals surface area (Å²) in [4.78, 5) is 0. The molecule has 0 amide bonds. The highest BCUT2D eigenvalue weighted by molar-refractivity contribution is 7.76. The van der Waals surface area contributed by atoms with E-state index in [4.69, 9.17) is 0 Å². The third kappa shape index (κ3) is 4.31. The first-order chi connectivity index (χ1) is 14.6. The zero-order valence-corrected chi connectivity index (χ0v) is 18.8. The number of hydrogen-bond donors (Lipinski definition) is 1. The van der Waals surface area contributed by atoms with Crippen LogP contribution in [-0.2, 0) is 4.57 Å². The molecule has 3 heteroatoms. The largest absolute Gasteiger partial charge is 0.297 e. The van der Waals surface area contributed by atoms with Crippen LogP contribution in [0.15, 0.2) is 91.0 Å². The molecular formula is C27H32NOP. The minimum Gasteiger partial charge on any atom is -0.297 e.